The van der Waals surface area contributed by atoms with Gasteiger partial charge in [0.05, 0.1) is 5.54 Å². The largest absolute Gasteiger partial charge is 0.334 e. The summed E-state index contributed by atoms with van der Waals surface area (Å²) >= 11 is 0. The number of nitrogens with zero attached hydrogens (tertiary/aromatic N) is 1. The molecule has 3 unspecified atom stereocenters. The molecule has 0 saturated heterocycles. The van der Waals surface area contributed by atoms with Gasteiger partial charge in [-0.3, -0.25) is 0 Å². The van der Waals surface area contributed by atoms with Gasteiger partial charge in [-0.05, 0) is 94.3 Å². The van der Waals surface area contributed by atoms with E-state index in [1.807, 2.05) is 0 Å². The lowest BCUT2D eigenvalue weighted by Crippen LogP contribution is -2.59. The molecule has 1 fully saturated rings. The summed E-state index contributed by atoms with van der Waals surface area (Å²) in [6, 6.07) is 38.4. The molecule has 1 saturated carbocycles. The summed E-state index contributed by atoms with van der Waals surface area (Å²) in [4.78, 5) is 2.68. The third-order valence-electron chi connectivity index (χ3n) is 9.76. The van der Waals surface area contributed by atoms with Crippen molar-refractivity contribution in [2.45, 2.75) is 51.0 Å². The summed E-state index contributed by atoms with van der Waals surface area (Å²) in [7, 11) is 0. The molecule has 36 heavy (non-hydrogen) atoms. The highest BCUT2D eigenvalue weighted by Gasteiger charge is 2.60. The zero-order valence-corrected chi connectivity index (χ0v) is 21.5. The number of benzene rings is 5. The maximum absolute atomic E-state index is 2.68. The zero-order valence-electron chi connectivity index (χ0n) is 21.5. The molecule has 7 rings (SSSR count). The molecule has 5 aromatic carbocycles. The van der Waals surface area contributed by atoms with Crippen LogP contribution in [0.3, 0.4) is 0 Å². The lowest BCUT2D eigenvalue weighted by molar-refractivity contribution is 0.130. The molecule has 1 heteroatoms. The van der Waals surface area contributed by atoms with E-state index < -0.39 is 0 Å². The standard InChI is InChI=1S/C35H33N/c1-24-12-11-21-34(2)31-23-27(19-20-32(31)36(35(24,34)3)28-15-5-4-6-16-28)33-29-17-9-7-13-25(29)22-26-14-8-10-18-30(26)33/h4-10,13-20,22-24H,11-12,21H2,1-3H3. The Labute approximate surface area is 214 Å². The first-order chi connectivity index (χ1) is 17.5. The van der Waals surface area contributed by atoms with Crippen molar-refractivity contribution in [1.29, 1.82) is 0 Å². The second-order valence-corrected chi connectivity index (χ2v) is 11.4. The summed E-state index contributed by atoms with van der Waals surface area (Å²) < 4.78 is 0. The smallest absolute Gasteiger partial charge is 0.0543 e. The summed E-state index contributed by atoms with van der Waals surface area (Å²) in [6.45, 7) is 7.53. The van der Waals surface area contributed by atoms with E-state index in [1.165, 1.54) is 68.9 Å². The zero-order chi connectivity index (χ0) is 24.5. The summed E-state index contributed by atoms with van der Waals surface area (Å²) in [6.07, 6.45) is 3.80. The molecule has 0 N–H and O–H groups in total. The van der Waals surface area contributed by atoms with Crippen LogP contribution in [0.15, 0.2) is 103 Å². The highest BCUT2D eigenvalue weighted by molar-refractivity contribution is 6.12. The van der Waals surface area contributed by atoms with Gasteiger partial charge in [0, 0.05) is 16.8 Å². The van der Waals surface area contributed by atoms with Crippen LogP contribution in [0.2, 0.25) is 0 Å². The Balaban J connectivity index is 1.53. The SMILES string of the molecule is CC1CCCC2(C)c3cc(-c4c5ccccc5cc5ccccc45)ccc3N(c3ccccc3)C12C. The fourth-order valence-electron chi connectivity index (χ4n) is 7.60. The Morgan fingerprint density at radius 2 is 1.36 bits per heavy atom. The van der Waals surface area contributed by atoms with Crippen molar-refractivity contribution in [1.82, 2.24) is 0 Å². The molecule has 0 bridgehead atoms. The first-order valence-electron chi connectivity index (χ1n) is 13.4. The number of para-hydroxylation sites is 1. The third kappa shape index (κ3) is 2.77. The van der Waals surface area contributed by atoms with Gasteiger partial charge >= 0.3 is 0 Å². The first-order valence-corrected chi connectivity index (χ1v) is 13.4. The molecule has 0 spiro atoms. The Kier molecular flexibility index (Phi) is 4.64. The average Bonchev–Trinajstić information content (AvgIpc) is 3.12. The van der Waals surface area contributed by atoms with E-state index in [0.717, 1.165) is 0 Å². The number of hydrogen-bond acceptors (Lipinski definition) is 1. The van der Waals surface area contributed by atoms with Crippen LogP contribution >= 0.6 is 0 Å². The van der Waals surface area contributed by atoms with Crippen LogP contribution in [0.25, 0.3) is 32.7 Å². The fraction of sp³-hybridized carbons (Fsp3) is 0.257. The maximum atomic E-state index is 2.68. The summed E-state index contributed by atoms with van der Waals surface area (Å²) in [5.41, 5.74) is 7.02. The number of rotatable bonds is 2. The molecule has 0 amide bonds. The Bertz CT molecular complexity index is 1560. The van der Waals surface area contributed by atoms with Gasteiger partial charge in [0.1, 0.15) is 0 Å². The molecule has 1 aliphatic carbocycles. The maximum Gasteiger partial charge on any atom is 0.0543 e. The van der Waals surface area contributed by atoms with Crippen molar-refractivity contribution < 1.29 is 0 Å². The van der Waals surface area contributed by atoms with Gasteiger partial charge in [-0.1, -0.05) is 93.1 Å². The van der Waals surface area contributed by atoms with Crippen molar-refractivity contribution in [3.8, 4) is 11.1 Å². The Morgan fingerprint density at radius 1 is 0.722 bits per heavy atom. The van der Waals surface area contributed by atoms with Gasteiger partial charge in [0.25, 0.3) is 0 Å². The minimum atomic E-state index is 0.0361. The van der Waals surface area contributed by atoms with E-state index >= 15 is 0 Å². The predicted octanol–water partition coefficient (Wildman–Crippen LogP) is 9.65. The van der Waals surface area contributed by atoms with Crippen LogP contribution in [-0.2, 0) is 5.41 Å². The number of hydrogen-bond donors (Lipinski definition) is 0. The highest BCUT2D eigenvalue weighted by Crippen LogP contribution is 2.63. The molecule has 5 aromatic rings. The molecule has 0 radical (unpaired) electrons. The summed E-state index contributed by atoms with van der Waals surface area (Å²) in [5, 5.41) is 5.28. The van der Waals surface area contributed by atoms with E-state index in [9.17, 15) is 0 Å². The van der Waals surface area contributed by atoms with Crippen LogP contribution < -0.4 is 4.90 Å². The highest BCUT2D eigenvalue weighted by atomic mass is 15.3. The lowest BCUT2D eigenvalue weighted by atomic mass is 9.57. The molecule has 2 aliphatic rings. The molecule has 0 aromatic heterocycles. The fourth-order valence-corrected chi connectivity index (χ4v) is 7.60. The number of fused-ring (bicyclic) bond motifs is 5. The van der Waals surface area contributed by atoms with Crippen LogP contribution in [-0.4, -0.2) is 5.54 Å². The van der Waals surface area contributed by atoms with Crippen LogP contribution in [0.4, 0.5) is 11.4 Å². The molecule has 1 nitrogen and oxygen atoms in total. The molecular formula is C35H33N. The van der Waals surface area contributed by atoms with Crippen molar-refractivity contribution in [3.63, 3.8) is 0 Å². The number of anilines is 2. The quantitative estimate of drug-likeness (QED) is 0.234. The van der Waals surface area contributed by atoms with E-state index in [0.29, 0.717) is 5.92 Å². The molecule has 1 heterocycles. The average molecular weight is 468 g/mol. The molecular weight excluding hydrogens is 434 g/mol. The summed E-state index contributed by atoms with van der Waals surface area (Å²) in [5.74, 6) is 0.602. The van der Waals surface area contributed by atoms with Crippen LogP contribution in [0.5, 0.6) is 0 Å². The Morgan fingerprint density at radius 3 is 2.06 bits per heavy atom. The van der Waals surface area contributed by atoms with Gasteiger partial charge < -0.3 is 4.90 Å². The van der Waals surface area contributed by atoms with E-state index in [2.05, 4.69) is 129 Å². The molecule has 3 atom stereocenters. The molecule has 178 valence electrons. The minimum Gasteiger partial charge on any atom is -0.334 e. The van der Waals surface area contributed by atoms with E-state index in [4.69, 9.17) is 0 Å². The van der Waals surface area contributed by atoms with Crippen molar-refractivity contribution in [3.05, 3.63) is 109 Å². The second-order valence-electron chi connectivity index (χ2n) is 11.4. The minimum absolute atomic E-state index is 0.0361. The van der Waals surface area contributed by atoms with Gasteiger partial charge in [-0.15, -0.1) is 0 Å². The van der Waals surface area contributed by atoms with E-state index in [1.54, 1.807) is 0 Å². The third-order valence-corrected chi connectivity index (χ3v) is 9.76. The van der Waals surface area contributed by atoms with Crippen molar-refractivity contribution in [2.75, 3.05) is 4.90 Å². The van der Waals surface area contributed by atoms with Gasteiger partial charge in [-0.25, -0.2) is 0 Å². The van der Waals surface area contributed by atoms with Crippen molar-refractivity contribution >= 4 is 32.9 Å². The van der Waals surface area contributed by atoms with Crippen LogP contribution in [0.1, 0.15) is 45.6 Å². The van der Waals surface area contributed by atoms with Gasteiger partial charge in [0.15, 0.2) is 0 Å². The van der Waals surface area contributed by atoms with Gasteiger partial charge in [-0.2, -0.15) is 0 Å². The topological polar surface area (TPSA) is 3.24 Å². The second kappa shape index (κ2) is 7.71. The lowest BCUT2D eigenvalue weighted by Gasteiger charge is -2.54. The monoisotopic (exact) mass is 467 g/mol. The van der Waals surface area contributed by atoms with Crippen LogP contribution in [0, 0.1) is 5.92 Å². The Hall–Kier alpha value is -3.58. The van der Waals surface area contributed by atoms with Gasteiger partial charge in [0.2, 0.25) is 0 Å². The predicted molar refractivity (Wildman–Crippen MR) is 154 cm³/mol. The first kappa shape index (κ1) is 21.7. The normalized spacial score (nSPS) is 25.2. The molecule has 1 aliphatic heterocycles. The van der Waals surface area contributed by atoms with Crippen molar-refractivity contribution in [2.24, 2.45) is 5.92 Å². The van der Waals surface area contributed by atoms with E-state index in [-0.39, 0.29) is 11.0 Å².